The molecule has 4 nitrogen and oxygen atoms in total. The number of carbonyl (C=O) groups excluding carboxylic acids is 1. The van der Waals surface area contributed by atoms with Crippen molar-refractivity contribution < 1.29 is 14.7 Å². The third kappa shape index (κ3) is 3.19. The Bertz CT molecular complexity index is 191. The summed E-state index contributed by atoms with van der Waals surface area (Å²) in [4.78, 5) is 11.4. The number of halogens is 2. The summed E-state index contributed by atoms with van der Waals surface area (Å²) in [6.07, 6.45) is 1.49. The summed E-state index contributed by atoms with van der Waals surface area (Å²) in [5.41, 5.74) is 0. The number of alkyl halides is 2. The van der Waals surface area contributed by atoms with Gasteiger partial charge in [-0.25, -0.2) is 0 Å². The van der Waals surface area contributed by atoms with Crippen LogP contribution in [0.25, 0.3) is 0 Å². The van der Waals surface area contributed by atoms with E-state index in [0.717, 1.165) is 11.5 Å². The highest BCUT2D eigenvalue weighted by Crippen LogP contribution is 2.17. The van der Waals surface area contributed by atoms with Gasteiger partial charge in [0.15, 0.2) is 5.01 Å². The van der Waals surface area contributed by atoms with E-state index < -0.39 is 6.04 Å². The molecular weight excluding hydrogens is 306 g/mol. The van der Waals surface area contributed by atoms with Crippen LogP contribution < -0.4 is 0 Å². The normalized spacial score (nSPS) is 25.9. The van der Waals surface area contributed by atoms with Gasteiger partial charge in [0.1, 0.15) is 6.04 Å². The first kappa shape index (κ1) is 11.4. The number of nitrogens with zero attached hydrogens (tertiary/aromatic N) is 1. The molecule has 0 spiro atoms. The molecule has 13 heavy (non-hydrogen) atoms. The van der Waals surface area contributed by atoms with Gasteiger partial charge in [0.05, 0.1) is 5.33 Å². The van der Waals surface area contributed by atoms with E-state index in [1.165, 1.54) is 0 Å². The van der Waals surface area contributed by atoms with Crippen molar-refractivity contribution in [3.05, 3.63) is 0 Å². The molecule has 0 amide bonds. The first-order chi connectivity index (χ1) is 6.15. The molecule has 1 aliphatic heterocycles. The minimum absolute atomic E-state index is 0.325. The molecule has 1 fully saturated rings. The predicted octanol–water partition coefficient (Wildman–Crippen LogP) is 1.50. The quantitative estimate of drug-likeness (QED) is 0.633. The second kappa shape index (κ2) is 5.29. The molecule has 0 aromatic carbocycles. The Kier molecular flexibility index (Phi) is 4.64. The van der Waals surface area contributed by atoms with E-state index in [-0.39, 0.29) is 11.0 Å². The van der Waals surface area contributed by atoms with E-state index in [4.69, 9.17) is 4.74 Å². The van der Waals surface area contributed by atoms with E-state index in [1.54, 1.807) is 0 Å². The van der Waals surface area contributed by atoms with Crippen molar-refractivity contribution in [2.45, 2.75) is 23.9 Å². The van der Waals surface area contributed by atoms with Crippen LogP contribution in [0, 0.1) is 0 Å². The lowest BCUT2D eigenvalue weighted by atomic mass is 10.2. The van der Waals surface area contributed by atoms with Crippen molar-refractivity contribution in [3.63, 3.8) is 0 Å². The summed E-state index contributed by atoms with van der Waals surface area (Å²) >= 11 is 6.32. The Balaban J connectivity index is 2.38. The molecule has 0 bridgehead atoms. The standard InChI is InChI=1S/C7H11Br2NO3/c8-4-6(9)13-7(11)5-2-1-3-10(5)12/h5-6,12H,1-4H2. The van der Waals surface area contributed by atoms with Crippen molar-refractivity contribution in [1.82, 2.24) is 5.06 Å². The van der Waals surface area contributed by atoms with Gasteiger partial charge in [0.25, 0.3) is 0 Å². The molecule has 6 heteroatoms. The molecule has 0 aliphatic carbocycles. The summed E-state index contributed by atoms with van der Waals surface area (Å²) in [6.45, 7) is 0.543. The zero-order chi connectivity index (χ0) is 9.84. The minimum atomic E-state index is -0.487. The highest BCUT2D eigenvalue weighted by atomic mass is 79.9. The number of rotatable bonds is 3. The molecule has 1 saturated heterocycles. The van der Waals surface area contributed by atoms with Crippen molar-refractivity contribution in [2.75, 3.05) is 11.9 Å². The molecule has 1 heterocycles. The SMILES string of the molecule is O=C(OC(Br)CBr)C1CCCN1O. The van der Waals surface area contributed by atoms with E-state index >= 15 is 0 Å². The topological polar surface area (TPSA) is 49.8 Å². The molecule has 1 N–H and O–H groups in total. The van der Waals surface area contributed by atoms with Crippen molar-refractivity contribution in [2.24, 2.45) is 0 Å². The molecule has 0 radical (unpaired) electrons. The number of carbonyl (C=O) groups is 1. The van der Waals surface area contributed by atoms with E-state index in [2.05, 4.69) is 31.9 Å². The molecule has 0 aromatic rings. The lowest BCUT2D eigenvalue weighted by Gasteiger charge is -2.17. The van der Waals surface area contributed by atoms with Crippen LogP contribution in [0.2, 0.25) is 0 Å². The van der Waals surface area contributed by atoms with Crippen LogP contribution in [-0.2, 0) is 9.53 Å². The molecule has 1 aliphatic rings. The highest BCUT2D eigenvalue weighted by Gasteiger charge is 2.31. The fraction of sp³-hybridized carbons (Fsp3) is 0.857. The van der Waals surface area contributed by atoms with Gasteiger partial charge in [-0.3, -0.25) is 4.79 Å². The van der Waals surface area contributed by atoms with E-state index in [9.17, 15) is 10.0 Å². The number of hydrogen-bond donors (Lipinski definition) is 1. The first-order valence-electron chi connectivity index (χ1n) is 4.01. The summed E-state index contributed by atoms with van der Waals surface area (Å²) < 4.78 is 4.98. The number of hydrogen-bond acceptors (Lipinski definition) is 4. The molecule has 2 unspecified atom stereocenters. The van der Waals surface area contributed by atoms with Gasteiger partial charge in [-0.2, -0.15) is 5.06 Å². The Labute approximate surface area is 93.4 Å². The Morgan fingerprint density at radius 3 is 2.92 bits per heavy atom. The Morgan fingerprint density at radius 2 is 2.46 bits per heavy atom. The van der Waals surface area contributed by atoms with Gasteiger partial charge in [-0.15, -0.1) is 0 Å². The zero-order valence-corrected chi connectivity index (χ0v) is 10.1. The second-order valence-corrected chi connectivity index (χ2v) is 4.49. The summed E-state index contributed by atoms with van der Waals surface area (Å²) in [6, 6.07) is -0.487. The molecular formula is C7H11Br2NO3. The fourth-order valence-electron chi connectivity index (χ4n) is 1.23. The minimum Gasteiger partial charge on any atom is -0.449 e. The molecule has 0 aromatic heterocycles. The van der Waals surface area contributed by atoms with E-state index in [1.807, 2.05) is 0 Å². The third-order valence-electron chi connectivity index (χ3n) is 1.86. The number of esters is 1. The first-order valence-corrected chi connectivity index (χ1v) is 6.05. The summed E-state index contributed by atoms with van der Waals surface area (Å²) in [5.74, 6) is -0.374. The zero-order valence-electron chi connectivity index (χ0n) is 6.95. The number of ether oxygens (including phenoxy) is 1. The van der Waals surface area contributed by atoms with Crippen LogP contribution in [0.15, 0.2) is 0 Å². The molecule has 0 saturated carbocycles. The fourth-order valence-corrected chi connectivity index (χ4v) is 1.54. The maximum atomic E-state index is 11.4. The van der Waals surface area contributed by atoms with Gasteiger partial charge in [-0.1, -0.05) is 15.9 Å². The maximum absolute atomic E-state index is 11.4. The van der Waals surface area contributed by atoms with Crippen molar-refractivity contribution >= 4 is 37.8 Å². The van der Waals surface area contributed by atoms with Crippen LogP contribution in [0.4, 0.5) is 0 Å². The molecule has 1 rings (SSSR count). The Morgan fingerprint density at radius 1 is 1.77 bits per heavy atom. The van der Waals surface area contributed by atoms with Gasteiger partial charge in [0, 0.05) is 6.54 Å². The Hall–Kier alpha value is 0.350. The smallest absolute Gasteiger partial charge is 0.326 e. The molecule has 2 atom stereocenters. The van der Waals surface area contributed by atoms with Crippen LogP contribution in [-0.4, -0.2) is 39.2 Å². The monoisotopic (exact) mass is 315 g/mol. The second-order valence-electron chi connectivity index (χ2n) is 2.82. The average Bonchev–Trinajstić information content (AvgIpc) is 2.51. The van der Waals surface area contributed by atoms with Crippen LogP contribution >= 0.6 is 31.9 Å². The van der Waals surface area contributed by atoms with Crippen LogP contribution in [0.3, 0.4) is 0 Å². The highest BCUT2D eigenvalue weighted by molar-refractivity contribution is 9.12. The predicted molar refractivity (Wildman–Crippen MR) is 54.1 cm³/mol. The third-order valence-corrected chi connectivity index (χ3v) is 3.83. The van der Waals surface area contributed by atoms with Crippen LogP contribution in [0.1, 0.15) is 12.8 Å². The van der Waals surface area contributed by atoms with E-state index in [0.29, 0.717) is 18.3 Å². The van der Waals surface area contributed by atoms with Crippen molar-refractivity contribution in [3.8, 4) is 0 Å². The average molecular weight is 317 g/mol. The number of hydroxylamine groups is 2. The van der Waals surface area contributed by atoms with Gasteiger partial charge in [0.2, 0.25) is 0 Å². The van der Waals surface area contributed by atoms with Gasteiger partial charge in [-0.05, 0) is 28.8 Å². The summed E-state index contributed by atoms with van der Waals surface area (Å²) in [7, 11) is 0. The van der Waals surface area contributed by atoms with Crippen molar-refractivity contribution in [1.29, 1.82) is 0 Å². The lowest BCUT2D eigenvalue weighted by molar-refractivity contribution is -0.167. The lowest BCUT2D eigenvalue weighted by Crippen LogP contribution is -2.36. The molecule has 76 valence electrons. The largest absolute Gasteiger partial charge is 0.449 e. The van der Waals surface area contributed by atoms with Crippen LogP contribution in [0.5, 0.6) is 0 Å². The van der Waals surface area contributed by atoms with Gasteiger partial charge < -0.3 is 9.94 Å². The summed E-state index contributed by atoms with van der Waals surface area (Å²) in [5, 5.41) is 10.5. The maximum Gasteiger partial charge on any atom is 0.326 e. The van der Waals surface area contributed by atoms with Gasteiger partial charge >= 0.3 is 5.97 Å².